The van der Waals surface area contributed by atoms with Crippen molar-refractivity contribution < 1.29 is 9.84 Å². The molecule has 1 unspecified atom stereocenters. The van der Waals surface area contributed by atoms with Crippen LogP contribution >= 0.6 is 11.8 Å². The fourth-order valence-electron chi connectivity index (χ4n) is 0.643. The minimum atomic E-state index is 0.277. The molecule has 0 aliphatic heterocycles. The number of ether oxygens (including phenoxy) is 1. The lowest BCUT2D eigenvalue weighted by Gasteiger charge is -2.06. The van der Waals surface area contributed by atoms with Gasteiger partial charge in [0.1, 0.15) is 0 Å². The number of hydrogen-bond donors (Lipinski definition) is 1. The molecule has 0 fully saturated rings. The number of aliphatic hydroxyl groups is 1. The second kappa shape index (κ2) is 8.37. The molecule has 0 radical (unpaired) electrons. The maximum Gasteiger partial charge on any atom is 0.0547 e. The zero-order valence-electron chi connectivity index (χ0n) is 7.38. The Balaban J connectivity index is 2.89. The highest BCUT2D eigenvalue weighted by Crippen LogP contribution is 2.10. The average Bonchev–Trinajstić information content (AvgIpc) is 2.04. The Morgan fingerprint density at radius 1 is 1.55 bits per heavy atom. The molecule has 0 amide bonds. The zero-order chi connectivity index (χ0) is 8.53. The molecule has 0 bridgehead atoms. The van der Waals surface area contributed by atoms with Crippen molar-refractivity contribution in [1.29, 1.82) is 0 Å². The minimum Gasteiger partial charge on any atom is -0.395 e. The van der Waals surface area contributed by atoms with Crippen molar-refractivity contribution in [3.63, 3.8) is 0 Å². The van der Waals surface area contributed by atoms with Gasteiger partial charge < -0.3 is 9.84 Å². The van der Waals surface area contributed by atoms with Gasteiger partial charge in [0.2, 0.25) is 0 Å². The van der Waals surface area contributed by atoms with E-state index in [1.165, 1.54) is 0 Å². The van der Waals surface area contributed by atoms with E-state index in [2.05, 4.69) is 0 Å². The standard InChI is InChI=1S/C8H18O2S/c1-3-10-5-4-6-11-8(2)7-9/h8-9H,3-7H2,1-2H3. The average molecular weight is 178 g/mol. The largest absolute Gasteiger partial charge is 0.395 e. The van der Waals surface area contributed by atoms with Gasteiger partial charge in [0, 0.05) is 18.5 Å². The zero-order valence-corrected chi connectivity index (χ0v) is 8.19. The van der Waals surface area contributed by atoms with Crippen LogP contribution in [0.4, 0.5) is 0 Å². The van der Waals surface area contributed by atoms with E-state index in [1.807, 2.05) is 13.8 Å². The molecule has 0 aliphatic rings. The molecular formula is C8H18O2S. The summed E-state index contributed by atoms with van der Waals surface area (Å²) in [6.45, 7) is 5.97. The van der Waals surface area contributed by atoms with Gasteiger partial charge in [0.15, 0.2) is 0 Å². The molecule has 11 heavy (non-hydrogen) atoms. The summed E-state index contributed by atoms with van der Waals surface area (Å²) in [5, 5.41) is 9.06. The topological polar surface area (TPSA) is 29.5 Å². The van der Waals surface area contributed by atoms with Gasteiger partial charge in [0.05, 0.1) is 6.61 Å². The van der Waals surface area contributed by atoms with Crippen LogP contribution in [-0.4, -0.2) is 35.9 Å². The van der Waals surface area contributed by atoms with Crippen LogP contribution < -0.4 is 0 Å². The summed E-state index contributed by atoms with van der Waals surface area (Å²) >= 11 is 1.80. The van der Waals surface area contributed by atoms with Gasteiger partial charge in [-0.15, -0.1) is 0 Å². The molecule has 3 heteroatoms. The predicted molar refractivity (Wildman–Crippen MR) is 50.1 cm³/mol. The summed E-state index contributed by atoms with van der Waals surface area (Å²) < 4.78 is 5.17. The van der Waals surface area contributed by atoms with E-state index in [9.17, 15) is 0 Å². The molecule has 0 saturated heterocycles. The SMILES string of the molecule is CCOCCCSC(C)CO. The van der Waals surface area contributed by atoms with Gasteiger partial charge in [-0.25, -0.2) is 0 Å². The predicted octanol–water partition coefficient (Wildman–Crippen LogP) is 1.53. The molecule has 1 atom stereocenters. The van der Waals surface area contributed by atoms with Crippen molar-refractivity contribution >= 4 is 11.8 Å². The Hall–Kier alpha value is 0.270. The van der Waals surface area contributed by atoms with E-state index in [0.717, 1.165) is 25.4 Å². The Bertz CT molecular complexity index is 78.5. The first-order valence-corrected chi connectivity index (χ1v) is 5.16. The van der Waals surface area contributed by atoms with Crippen LogP contribution in [0.3, 0.4) is 0 Å². The number of aliphatic hydroxyl groups excluding tert-OH is 1. The third-order valence-corrected chi connectivity index (χ3v) is 2.54. The summed E-state index contributed by atoms with van der Waals surface area (Å²) in [6, 6.07) is 0. The van der Waals surface area contributed by atoms with Crippen LogP contribution in [0.2, 0.25) is 0 Å². The molecule has 0 aromatic heterocycles. The van der Waals surface area contributed by atoms with Crippen LogP contribution in [-0.2, 0) is 4.74 Å². The van der Waals surface area contributed by atoms with Crippen molar-refractivity contribution in [2.45, 2.75) is 25.5 Å². The van der Waals surface area contributed by atoms with E-state index in [-0.39, 0.29) is 6.61 Å². The fourth-order valence-corrected chi connectivity index (χ4v) is 1.43. The number of thioether (sulfide) groups is 1. The number of rotatable bonds is 7. The van der Waals surface area contributed by atoms with Gasteiger partial charge in [-0.1, -0.05) is 6.92 Å². The quantitative estimate of drug-likeness (QED) is 0.599. The Morgan fingerprint density at radius 2 is 2.27 bits per heavy atom. The molecule has 0 aromatic rings. The summed E-state index contributed by atoms with van der Waals surface area (Å²) in [5.41, 5.74) is 0. The Morgan fingerprint density at radius 3 is 2.82 bits per heavy atom. The molecule has 0 saturated carbocycles. The van der Waals surface area contributed by atoms with Gasteiger partial charge >= 0.3 is 0 Å². The summed E-state index contributed by atoms with van der Waals surface area (Å²) in [5.74, 6) is 1.09. The molecular weight excluding hydrogens is 160 g/mol. The molecule has 2 nitrogen and oxygen atoms in total. The van der Waals surface area contributed by atoms with Gasteiger partial charge in [0.25, 0.3) is 0 Å². The van der Waals surface area contributed by atoms with Gasteiger partial charge in [-0.2, -0.15) is 11.8 Å². The van der Waals surface area contributed by atoms with Crippen molar-refractivity contribution in [2.24, 2.45) is 0 Å². The first-order chi connectivity index (χ1) is 5.31. The van der Waals surface area contributed by atoms with E-state index >= 15 is 0 Å². The van der Waals surface area contributed by atoms with Gasteiger partial charge in [-0.05, 0) is 19.1 Å². The van der Waals surface area contributed by atoms with Crippen LogP contribution in [0, 0.1) is 0 Å². The highest BCUT2D eigenvalue weighted by molar-refractivity contribution is 7.99. The molecule has 0 aromatic carbocycles. The summed E-state index contributed by atoms with van der Waals surface area (Å²) in [6.07, 6.45) is 1.09. The molecule has 1 N–H and O–H groups in total. The second-order valence-corrected chi connectivity index (χ2v) is 3.96. The number of hydrogen-bond acceptors (Lipinski definition) is 3. The minimum absolute atomic E-state index is 0.277. The van der Waals surface area contributed by atoms with E-state index in [1.54, 1.807) is 11.8 Å². The Kier molecular flexibility index (Phi) is 8.57. The second-order valence-electron chi connectivity index (χ2n) is 2.41. The van der Waals surface area contributed by atoms with Crippen LogP contribution in [0.1, 0.15) is 20.3 Å². The Labute approximate surface area is 73.3 Å². The lowest BCUT2D eigenvalue weighted by Crippen LogP contribution is -2.04. The van der Waals surface area contributed by atoms with E-state index in [0.29, 0.717) is 5.25 Å². The maximum atomic E-state index is 8.69. The first kappa shape index (κ1) is 11.3. The monoisotopic (exact) mass is 178 g/mol. The van der Waals surface area contributed by atoms with Crippen LogP contribution in [0.15, 0.2) is 0 Å². The molecule has 0 rings (SSSR count). The third-order valence-electron chi connectivity index (χ3n) is 1.30. The third kappa shape index (κ3) is 8.17. The van der Waals surface area contributed by atoms with E-state index in [4.69, 9.17) is 9.84 Å². The van der Waals surface area contributed by atoms with Gasteiger partial charge in [-0.3, -0.25) is 0 Å². The fraction of sp³-hybridized carbons (Fsp3) is 1.00. The van der Waals surface area contributed by atoms with Crippen molar-refractivity contribution in [2.75, 3.05) is 25.6 Å². The van der Waals surface area contributed by atoms with Crippen molar-refractivity contribution in [3.8, 4) is 0 Å². The van der Waals surface area contributed by atoms with Crippen LogP contribution in [0.25, 0.3) is 0 Å². The first-order valence-electron chi connectivity index (χ1n) is 4.11. The molecule has 0 aliphatic carbocycles. The lowest BCUT2D eigenvalue weighted by atomic mass is 10.5. The normalized spacial score (nSPS) is 13.4. The van der Waals surface area contributed by atoms with Crippen LogP contribution in [0.5, 0.6) is 0 Å². The molecule has 68 valence electrons. The summed E-state index contributed by atoms with van der Waals surface area (Å²) in [7, 11) is 0. The maximum absolute atomic E-state index is 8.69. The van der Waals surface area contributed by atoms with Crippen molar-refractivity contribution in [3.05, 3.63) is 0 Å². The molecule has 0 spiro atoms. The molecule has 0 heterocycles. The van der Waals surface area contributed by atoms with Crippen molar-refractivity contribution in [1.82, 2.24) is 0 Å². The summed E-state index contributed by atoms with van der Waals surface area (Å²) in [4.78, 5) is 0. The lowest BCUT2D eigenvalue weighted by molar-refractivity contribution is 0.149. The highest BCUT2D eigenvalue weighted by Gasteiger charge is 1.98. The highest BCUT2D eigenvalue weighted by atomic mass is 32.2. The smallest absolute Gasteiger partial charge is 0.0547 e. The van der Waals surface area contributed by atoms with E-state index < -0.39 is 0 Å².